The van der Waals surface area contributed by atoms with Gasteiger partial charge in [-0.05, 0) is 48.0 Å². The van der Waals surface area contributed by atoms with Gasteiger partial charge in [0.15, 0.2) is 0 Å². The van der Waals surface area contributed by atoms with Gasteiger partial charge in [0.05, 0.1) is 22.8 Å². The largest absolute Gasteiger partial charge is 0.457 e. The Kier molecular flexibility index (Phi) is 7.43. The average Bonchev–Trinajstić information content (AvgIpc) is 2.75. The molecule has 0 heterocycles. The van der Waals surface area contributed by atoms with E-state index in [1.54, 1.807) is 6.07 Å². The van der Waals surface area contributed by atoms with E-state index >= 15 is 0 Å². The number of rotatable bonds is 7. The first-order chi connectivity index (χ1) is 14.5. The minimum absolute atomic E-state index is 0.242. The molecule has 8 heteroatoms. The maximum absolute atomic E-state index is 12.1. The summed E-state index contributed by atoms with van der Waals surface area (Å²) < 4.78 is 5.75. The van der Waals surface area contributed by atoms with Crippen LogP contribution in [-0.2, 0) is 4.79 Å². The zero-order chi connectivity index (χ0) is 21.3. The second-order valence-electron chi connectivity index (χ2n) is 6.09. The number of carbonyl (C=O) groups excluding carboxylic acids is 2. The topological polar surface area (TPSA) is 79.8 Å². The van der Waals surface area contributed by atoms with Crippen molar-refractivity contribution in [3.05, 3.63) is 94.0 Å². The summed E-state index contributed by atoms with van der Waals surface area (Å²) in [7, 11) is 0. The van der Waals surface area contributed by atoms with Crippen LogP contribution in [0.1, 0.15) is 15.9 Å². The van der Waals surface area contributed by atoms with E-state index in [-0.39, 0.29) is 11.6 Å². The third-order valence-corrected chi connectivity index (χ3v) is 4.57. The number of halogens is 2. The maximum Gasteiger partial charge on any atom is 0.259 e. The molecule has 2 N–H and O–H groups in total. The number of nitrogens with one attached hydrogen (secondary N) is 2. The van der Waals surface area contributed by atoms with Crippen molar-refractivity contribution in [2.45, 2.75) is 0 Å². The molecule has 3 aromatic rings. The van der Waals surface area contributed by atoms with Crippen molar-refractivity contribution < 1.29 is 14.3 Å². The van der Waals surface area contributed by atoms with Crippen LogP contribution < -0.4 is 15.5 Å². The van der Waals surface area contributed by atoms with Crippen LogP contribution in [0.3, 0.4) is 0 Å². The number of nitrogens with zero attached hydrogens (tertiary/aromatic N) is 1. The molecule has 0 fully saturated rings. The molecular weight excluding hydrogens is 425 g/mol. The van der Waals surface area contributed by atoms with Crippen LogP contribution in [0.2, 0.25) is 10.0 Å². The Morgan fingerprint density at radius 3 is 2.43 bits per heavy atom. The number of benzene rings is 3. The summed E-state index contributed by atoms with van der Waals surface area (Å²) >= 11 is 11.7. The van der Waals surface area contributed by atoms with Crippen molar-refractivity contribution in [1.29, 1.82) is 0 Å². The van der Waals surface area contributed by atoms with Gasteiger partial charge in [0.1, 0.15) is 11.5 Å². The predicted octanol–water partition coefficient (Wildman–Crippen LogP) is 4.67. The van der Waals surface area contributed by atoms with E-state index in [2.05, 4.69) is 15.8 Å². The highest BCUT2D eigenvalue weighted by Crippen LogP contribution is 2.22. The van der Waals surface area contributed by atoms with Crippen LogP contribution in [0, 0.1) is 0 Å². The third kappa shape index (κ3) is 6.34. The second-order valence-corrected chi connectivity index (χ2v) is 6.91. The first kappa shape index (κ1) is 21.4. The Bertz CT molecular complexity index is 1070. The molecule has 0 aromatic heterocycles. The van der Waals surface area contributed by atoms with E-state index in [1.807, 2.05) is 48.5 Å². The van der Waals surface area contributed by atoms with Crippen LogP contribution in [-0.4, -0.2) is 24.6 Å². The van der Waals surface area contributed by atoms with Crippen molar-refractivity contribution in [3.63, 3.8) is 0 Å². The maximum atomic E-state index is 12.1. The van der Waals surface area contributed by atoms with Crippen LogP contribution in [0.25, 0.3) is 0 Å². The average molecular weight is 442 g/mol. The fourth-order valence-electron chi connectivity index (χ4n) is 2.40. The Morgan fingerprint density at radius 2 is 1.67 bits per heavy atom. The number of hydrogen-bond donors (Lipinski definition) is 2. The molecule has 0 saturated carbocycles. The summed E-state index contributed by atoms with van der Waals surface area (Å²) in [6.07, 6.45) is 1.48. The first-order valence-electron chi connectivity index (χ1n) is 8.89. The lowest BCUT2D eigenvalue weighted by atomic mass is 10.2. The summed E-state index contributed by atoms with van der Waals surface area (Å²) in [5, 5.41) is 6.99. The molecule has 0 radical (unpaired) electrons. The molecule has 0 spiro atoms. The van der Waals surface area contributed by atoms with Gasteiger partial charge in [0.25, 0.3) is 11.8 Å². The highest BCUT2D eigenvalue weighted by Gasteiger charge is 2.09. The molecule has 0 unspecified atom stereocenters. The van der Waals surface area contributed by atoms with Gasteiger partial charge in [-0.2, -0.15) is 5.10 Å². The number of para-hydroxylation sites is 1. The van der Waals surface area contributed by atoms with E-state index in [0.29, 0.717) is 16.3 Å². The first-order valence-corrected chi connectivity index (χ1v) is 9.65. The molecule has 152 valence electrons. The van der Waals surface area contributed by atoms with Crippen molar-refractivity contribution >= 4 is 41.2 Å². The molecule has 2 amide bonds. The Morgan fingerprint density at radius 1 is 0.900 bits per heavy atom. The van der Waals surface area contributed by atoms with Gasteiger partial charge in [0.2, 0.25) is 0 Å². The van der Waals surface area contributed by atoms with E-state index in [1.165, 1.54) is 24.4 Å². The van der Waals surface area contributed by atoms with Gasteiger partial charge >= 0.3 is 0 Å². The van der Waals surface area contributed by atoms with E-state index in [4.69, 9.17) is 27.9 Å². The highest BCUT2D eigenvalue weighted by atomic mass is 35.5. The van der Waals surface area contributed by atoms with E-state index in [0.717, 1.165) is 11.3 Å². The van der Waals surface area contributed by atoms with Crippen LogP contribution in [0.4, 0.5) is 0 Å². The standard InChI is InChI=1S/C22H17Cl2N3O3/c23-19-10-9-16(12-20(19)24)22(29)25-14-21(28)27-26-13-15-5-4-8-18(11-15)30-17-6-2-1-3-7-17/h1-13H,14H2,(H,25,29)(H,27,28)/b26-13-. The van der Waals surface area contributed by atoms with Crippen molar-refractivity contribution in [3.8, 4) is 11.5 Å². The van der Waals surface area contributed by atoms with E-state index in [9.17, 15) is 9.59 Å². The van der Waals surface area contributed by atoms with Crippen molar-refractivity contribution in [2.75, 3.05) is 6.54 Å². The Hall–Kier alpha value is -3.35. The molecule has 0 saturated heterocycles. The number of carbonyl (C=O) groups is 2. The quantitative estimate of drug-likeness (QED) is 0.413. The van der Waals surface area contributed by atoms with Crippen LogP contribution >= 0.6 is 23.2 Å². The molecule has 0 bridgehead atoms. The zero-order valence-electron chi connectivity index (χ0n) is 15.6. The van der Waals surface area contributed by atoms with Gasteiger partial charge in [-0.25, -0.2) is 5.43 Å². The second kappa shape index (κ2) is 10.4. The molecule has 6 nitrogen and oxygen atoms in total. The van der Waals surface area contributed by atoms with Gasteiger partial charge < -0.3 is 10.1 Å². The summed E-state index contributed by atoms with van der Waals surface area (Å²) in [6, 6.07) is 21.1. The minimum Gasteiger partial charge on any atom is -0.457 e. The summed E-state index contributed by atoms with van der Waals surface area (Å²) in [6.45, 7) is -0.242. The van der Waals surface area contributed by atoms with Crippen LogP contribution in [0.5, 0.6) is 11.5 Å². The lowest BCUT2D eigenvalue weighted by molar-refractivity contribution is -0.120. The molecule has 3 rings (SSSR count). The predicted molar refractivity (Wildman–Crippen MR) is 117 cm³/mol. The lowest BCUT2D eigenvalue weighted by Gasteiger charge is -2.06. The lowest BCUT2D eigenvalue weighted by Crippen LogP contribution is -2.34. The number of hydrogen-bond acceptors (Lipinski definition) is 4. The fourth-order valence-corrected chi connectivity index (χ4v) is 2.70. The third-order valence-electron chi connectivity index (χ3n) is 3.83. The highest BCUT2D eigenvalue weighted by molar-refractivity contribution is 6.42. The van der Waals surface area contributed by atoms with E-state index < -0.39 is 11.8 Å². The van der Waals surface area contributed by atoms with Gasteiger partial charge in [-0.1, -0.05) is 53.5 Å². The SMILES string of the molecule is O=C(CNC(=O)c1ccc(Cl)c(Cl)c1)N/N=C\c1cccc(Oc2ccccc2)c1. The van der Waals surface area contributed by atoms with Crippen molar-refractivity contribution in [1.82, 2.24) is 10.7 Å². The monoisotopic (exact) mass is 441 g/mol. The number of ether oxygens (including phenoxy) is 1. The summed E-state index contributed by atoms with van der Waals surface area (Å²) in [4.78, 5) is 23.9. The van der Waals surface area contributed by atoms with Crippen molar-refractivity contribution in [2.24, 2.45) is 5.10 Å². The zero-order valence-corrected chi connectivity index (χ0v) is 17.2. The molecule has 0 aliphatic rings. The van der Waals surface area contributed by atoms with Gasteiger partial charge in [-0.3, -0.25) is 9.59 Å². The van der Waals surface area contributed by atoms with Gasteiger partial charge in [-0.15, -0.1) is 0 Å². The molecule has 30 heavy (non-hydrogen) atoms. The number of amides is 2. The van der Waals surface area contributed by atoms with Crippen LogP contribution in [0.15, 0.2) is 77.9 Å². The Labute approximate surface area is 183 Å². The normalized spacial score (nSPS) is 10.6. The molecule has 0 aliphatic carbocycles. The number of hydrazone groups is 1. The smallest absolute Gasteiger partial charge is 0.259 e. The molecular formula is C22H17Cl2N3O3. The summed E-state index contributed by atoms with van der Waals surface area (Å²) in [5.74, 6) is 0.442. The Balaban J connectivity index is 1.49. The molecule has 0 aliphatic heterocycles. The molecule has 0 atom stereocenters. The minimum atomic E-state index is -0.476. The molecule has 3 aromatic carbocycles. The fraction of sp³-hybridized carbons (Fsp3) is 0.0455. The van der Waals surface area contributed by atoms with Gasteiger partial charge in [0, 0.05) is 5.56 Å². The summed E-state index contributed by atoms with van der Waals surface area (Å²) in [5.41, 5.74) is 3.40.